The van der Waals surface area contributed by atoms with Crippen molar-refractivity contribution in [3.8, 4) is 0 Å². The van der Waals surface area contributed by atoms with E-state index in [1.54, 1.807) is 0 Å². The fourth-order valence-corrected chi connectivity index (χ4v) is 5.00. The molecule has 0 spiro atoms. The summed E-state index contributed by atoms with van der Waals surface area (Å²) in [7, 11) is 0. The van der Waals surface area contributed by atoms with Gasteiger partial charge >= 0.3 is 5.97 Å². The molecule has 2 unspecified atom stereocenters. The second-order valence-electron chi connectivity index (χ2n) is 6.82. The molecule has 2 aromatic heterocycles. The van der Waals surface area contributed by atoms with Gasteiger partial charge in [-0.1, -0.05) is 24.3 Å². The van der Waals surface area contributed by atoms with Crippen LogP contribution in [-0.4, -0.2) is 48.3 Å². The lowest BCUT2D eigenvalue weighted by molar-refractivity contribution is -0.151. The van der Waals surface area contributed by atoms with Crippen molar-refractivity contribution in [3.63, 3.8) is 0 Å². The van der Waals surface area contributed by atoms with E-state index in [2.05, 4.69) is 32.6 Å². The van der Waals surface area contributed by atoms with Crippen LogP contribution in [0, 0.1) is 0 Å². The molecule has 30 heavy (non-hydrogen) atoms. The zero-order chi connectivity index (χ0) is 20.9. The quantitative estimate of drug-likeness (QED) is 0.238. The minimum absolute atomic E-state index is 0.120. The largest absolute Gasteiger partial charge is 0.501 e. The number of benzene rings is 2. The monoisotopic (exact) mass is 440 g/mol. The number of carbonyl (C=O) groups is 1. The molecule has 3 heterocycles. The summed E-state index contributed by atoms with van der Waals surface area (Å²) in [6.07, 6.45) is 0. The molecule has 4 aromatic rings. The van der Waals surface area contributed by atoms with Crippen LogP contribution < -0.4 is 0 Å². The van der Waals surface area contributed by atoms with Crippen LogP contribution in [0.15, 0.2) is 64.4 Å². The van der Waals surface area contributed by atoms with Crippen LogP contribution in [0.25, 0.3) is 22.1 Å². The molecule has 0 aliphatic carbocycles. The molecule has 4 N–H and O–H groups in total. The van der Waals surface area contributed by atoms with Crippen LogP contribution in [-0.2, 0) is 9.53 Å². The van der Waals surface area contributed by atoms with Crippen LogP contribution in [0.5, 0.6) is 0 Å². The van der Waals surface area contributed by atoms with Crippen LogP contribution in [0.2, 0.25) is 0 Å². The molecule has 0 saturated heterocycles. The number of esters is 1. The van der Waals surface area contributed by atoms with Gasteiger partial charge in [-0.25, -0.2) is 14.8 Å². The van der Waals surface area contributed by atoms with E-state index >= 15 is 0 Å². The topological polar surface area (TPSA) is 124 Å². The first-order valence-corrected chi connectivity index (χ1v) is 10.4. The van der Waals surface area contributed by atoms with Crippen molar-refractivity contribution in [2.75, 3.05) is 6.61 Å². The number of nitrogens with one attached hydrogen (secondary N) is 2. The summed E-state index contributed by atoms with van der Waals surface area (Å²) in [5, 5.41) is 20.3. The second-order valence-corrected chi connectivity index (χ2v) is 8.33. The molecule has 2 aromatic carbocycles. The molecule has 10 heteroatoms. The first-order valence-electron chi connectivity index (χ1n) is 9.05. The van der Waals surface area contributed by atoms with E-state index in [1.807, 2.05) is 48.5 Å². The number of thiol groups is 1. The minimum Gasteiger partial charge on any atom is -0.501 e. The molecule has 1 aliphatic rings. The maximum absolute atomic E-state index is 12.3. The number of rotatable bonds is 5. The maximum Gasteiger partial charge on any atom is 0.375 e. The Morgan fingerprint density at radius 3 is 2.33 bits per heavy atom. The summed E-state index contributed by atoms with van der Waals surface area (Å²) in [5.74, 6) is -1.11. The van der Waals surface area contributed by atoms with Gasteiger partial charge in [0.2, 0.25) is 5.76 Å². The smallest absolute Gasteiger partial charge is 0.375 e. The molecular formula is C20H16N4O4S2. The van der Waals surface area contributed by atoms with Gasteiger partial charge in [-0.15, -0.1) is 0 Å². The Hall–Kier alpha value is -2.95. The van der Waals surface area contributed by atoms with Gasteiger partial charge in [-0.3, -0.25) is 0 Å². The van der Waals surface area contributed by atoms with Gasteiger partial charge in [-0.05, 0) is 36.0 Å². The lowest BCUT2D eigenvalue weighted by Gasteiger charge is -2.31. The van der Waals surface area contributed by atoms with E-state index in [-0.39, 0.29) is 4.91 Å². The highest BCUT2D eigenvalue weighted by Crippen LogP contribution is 2.50. The van der Waals surface area contributed by atoms with Gasteiger partial charge < -0.3 is 24.9 Å². The Morgan fingerprint density at radius 1 is 1.07 bits per heavy atom. The van der Waals surface area contributed by atoms with Crippen molar-refractivity contribution < 1.29 is 19.7 Å². The average molecular weight is 441 g/mol. The van der Waals surface area contributed by atoms with Crippen LogP contribution in [0.3, 0.4) is 0 Å². The van der Waals surface area contributed by atoms with Crippen LogP contribution in [0.4, 0.5) is 0 Å². The van der Waals surface area contributed by atoms with Crippen molar-refractivity contribution in [2.45, 2.75) is 16.0 Å². The highest BCUT2D eigenvalue weighted by molar-refractivity contribution is 8.03. The number of thioether (sulfide) groups is 1. The highest BCUT2D eigenvalue weighted by Gasteiger charge is 2.54. The first kappa shape index (κ1) is 19.0. The lowest BCUT2D eigenvalue weighted by atomic mass is 9.99. The Kier molecular flexibility index (Phi) is 4.49. The van der Waals surface area contributed by atoms with Crippen LogP contribution in [0.1, 0.15) is 11.1 Å². The number of imidazole rings is 2. The Bertz CT molecular complexity index is 1250. The number of carbonyl (C=O) groups excluding carboxylic acids is 1. The summed E-state index contributed by atoms with van der Waals surface area (Å²) < 4.78 is 5.47. The summed E-state index contributed by atoms with van der Waals surface area (Å²) in [6, 6.07) is 14.9. The molecule has 0 saturated carbocycles. The van der Waals surface area contributed by atoms with E-state index in [1.165, 1.54) is 0 Å². The summed E-state index contributed by atoms with van der Waals surface area (Å²) in [6.45, 7) is -0.601. The second kappa shape index (κ2) is 7.08. The fraction of sp³-hybridized carbons (Fsp3) is 0.150. The number of hydrogen-bond acceptors (Lipinski definition) is 8. The third-order valence-electron chi connectivity index (χ3n) is 4.98. The number of fused-ring (bicyclic) bond motifs is 2. The SMILES string of the molecule is O=C1OC(CO)(C(S)c2nc3ccccc3[nH]2)C(Sc2nc3ccccc3[nH]2)=C1O. The predicted octanol–water partition coefficient (Wildman–Crippen LogP) is 3.26. The predicted molar refractivity (Wildman–Crippen MR) is 115 cm³/mol. The normalized spacial score (nSPS) is 20.3. The first-order chi connectivity index (χ1) is 14.5. The van der Waals surface area contributed by atoms with E-state index in [0.29, 0.717) is 16.5 Å². The van der Waals surface area contributed by atoms with Gasteiger partial charge in [-0.2, -0.15) is 12.6 Å². The molecule has 0 bridgehead atoms. The Balaban J connectivity index is 1.57. The summed E-state index contributed by atoms with van der Waals surface area (Å²) in [5.41, 5.74) is 1.41. The average Bonchev–Trinajstić information content (AvgIpc) is 3.43. The number of nitrogens with zero attached hydrogens (tertiary/aromatic N) is 2. The van der Waals surface area contributed by atoms with E-state index < -0.39 is 29.2 Å². The Labute approximate surface area is 179 Å². The summed E-state index contributed by atoms with van der Waals surface area (Å²) >= 11 is 5.64. The number of para-hydroxylation sites is 4. The number of ether oxygens (including phenoxy) is 1. The molecule has 0 fully saturated rings. The van der Waals surface area contributed by atoms with Gasteiger partial charge in [0, 0.05) is 0 Å². The number of aliphatic hydroxyl groups is 2. The molecule has 5 rings (SSSR count). The zero-order valence-corrected chi connectivity index (χ0v) is 17.1. The van der Waals surface area contributed by atoms with E-state index in [4.69, 9.17) is 4.74 Å². The summed E-state index contributed by atoms with van der Waals surface area (Å²) in [4.78, 5) is 27.6. The third kappa shape index (κ3) is 2.87. The van der Waals surface area contributed by atoms with Gasteiger partial charge in [0.05, 0.1) is 33.6 Å². The Morgan fingerprint density at radius 2 is 1.70 bits per heavy atom. The molecule has 152 valence electrons. The lowest BCUT2D eigenvalue weighted by Crippen LogP contribution is -2.40. The van der Waals surface area contributed by atoms with Crippen molar-refractivity contribution in [1.29, 1.82) is 0 Å². The van der Waals surface area contributed by atoms with E-state index in [9.17, 15) is 15.0 Å². The van der Waals surface area contributed by atoms with Crippen LogP contribution >= 0.6 is 24.4 Å². The molecule has 2 atom stereocenters. The number of hydrogen-bond donors (Lipinski definition) is 5. The maximum atomic E-state index is 12.3. The third-order valence-corrected chi connectivity index (χ3v) is 6.77. The van der Waals surface area contributed by atoms with Gasteiger partial charge in [0.1, 0.15) is 11.1 Å². The number of cyclic esters (lactones) is 1. The molecular weight excluding hydrogens is 424 g/mol. The minimum atomic E-state index is -1.62. The van der Waals surface area contributed by atoms with Gasteiger partial charge in [0.15, 0.2) is 10.8 Å². The van der Waals surface area contributed by atoms with Crippen molar-refractivity contribution >= 4 is 52.4 Å². The molecule has 8 nitrogen and oxygen atoms in total. The zero-order valence-electron chi connectivity index (χ0n) is 15.4. The standard InChI is InChI=1S/C20H16N4O4S2/c25-9-20(15(29)17-21-10-5-1-2-6-11(10)22-17)16(14(26)18(27)28-20)30-19-23-12-7-3-4-8-13(12)24-19/h1-8,15,25-26,29H,9H2,(H,21,22)(H,23,24). The molecule has 0 amide bonds. The highest BCUT2D eigenvalue weighted by atomic mass is 32.2. The number of H-pyrrole nitrogens is 2. The fourth-order valence-electron chi connectivity index (χ4n) is 3.46. The van der Waals surface area contributed by atoms with Crippen molar-refractivity contribution in [1.82, 2.24) is 19.9 Å². The van der Waals surface area contributed by atoms with Crippen molar-refractivity contribution in [2.24, 2.45) is 0 Å². The molecule has 0 radical (unpaired) electrons. The number of aromatic nitrogens is 4. The van der Waals surface area contributed by atoms with Gasteiger partial charge in [0.25, 0.3) is 0 Å². The number of aliphatic hydroxyl groups excluding tert-OH is 2. The number of aromatic amines is 2. The molecule has 1 aliphatic heterocycles. The van der Waals surface area contributed by atoms with E-state index in [0.717, 1.165) is 28.3 Å². The van der Waals surface area contributed by atoms with Crippen molar-refractivity contribution in [3.05, 3.63) is 65.0 Å².